The van der Waals surface area contributed by atoms with Gasteiger partial charge in [0, 0.05) is 53.1 Å². The second-order valence-electron chi connectivity index (χ2n) is 14.9. The predicted molar refractivity (Wildman–Crippen MR) is 191 cm³/mol. The Morgan fingerprint density at radius 1 is 1.13 bits per heavy atom. The van der Waals surface area contributed by atoms with Crippen molar-refractivity contribution >= 4 is 34.5 Å². The summed E-state index contributed by atoms with van der Waals surface area (Å²) in [6, 6.07) is 5.95. The third-order valence-electron chi connectivity index (χ3n) is 11.6. The molecule has 2 bridgehead atoms. The number of aliphatic hydroxyl groups is 4. The van der Waals surface area contributed by atoms with E-state index in [0.717, 1.165) is 22.0 Å². The SMILES string of the molecule is CCOC(=O)C1=C(C=O)/C2=C3/C[C@@H](CO)C(=O)[C@@H](C3)c3cc4cc[nH]c4cc3CC[C@@H](CO)COc3c2c(c(CO)c2c3[C@@H]3C=CC[C@@](C)(O)[C@H]3O2)O1. The highest BCUT2D eigenvalue weighted by Crippen LogP contribution is 2.60. The lowest BCUT2D eigenvalue weighted by atomic mass is 9.70. The highest BCUT2D eigenvalue weighted by molar-refractivity contribution is 6.11. The summed E-state index contributed by atoms with van der Waals surface area (Å²) in [6.07, 6.45) is 6.99. The molecule has 53 heavy (non-hydrogen) atoms. The van der Waals surface area contributed by atoms with Gasteiger partial charge in [-0.3, -0.25) is 9.59 Å². The number of aliphatic hydroxyl groups excluding tert-OH is 3. The molecule has 2 aliphatic carbocycles. The van der Waals surface area contributed by atoms with Gasteiger partial charge in [0.2, 0.25) is 5.76 Å². The van der Waals surface area contributed by atoms with Crippen molar-refractivity contribution in [2.24, 2.45) is 11.8 Å². The average molecular weight is 726 g/mol. The molecule has 3 aliphatic heterocycles. The van der Waals surface area contributed by atoms with E-state index in [1.54, 1.807) is 13.8 Å². The van der Waals surface area contributed by atoms with Gasteiger partial charge in [-0.05, 0) is 80.7 Å². The molecule has 1 fully saturated rings. The maximum Gasteiger partial charge on any atom is 0.375 e. The molecule has 3 aromatic rings. The Morgan fingerprint density at radius 3 is 2.70 bits per heavy atom. The molecule has 6 atom stereocenters. The Bertz CT molecular complexity index is 2120. The van der Waals surface area contributed by atoms with Gasteiger partial charge < -0.3 is 44.4 Å². The van der Waals surface area contributed by atoms with Crippen LogP contribution in [0.15, 0.2) is 53.5 Å². The topological polar surface area (TPSA) is 185 Å². The van der Waals surface area contributed by atoms with Crippen LogP contribution in [0.3, 0.4) is 0 Å². The minimum Gasteiger partial charge on any atom is -0.492 e. The molecule has 1 aromatic heterocycles. The average Bonchev–Trinajstić information content (AvgIpc) is 3.78. The number of benzene rings is 2. The molecular formula is C41H43NO11. The zero-order chi connectivity index (χ0) is 37.2. The molecule has 1 saturated carbocycles. The van der Waals surface area contributed by atoms with Crippen LogP contribution in [-0.4, -0.2) is 81.6 Å². The summed E-state index contributed by atoms with van der Waals surface area (Å²) in [4.78, 5) is 44.5. The fourth-order valence-corrected chi connectivity index (χ4v) is 8.92. The third kappa shape index (κ3) is 5.62. The molecule has 0 saturated heterocycles. The normalized spacial score (nSPS) is 28.9. The van der Waals surface area contributed by atoms with E-state index in [4.69, 9.17) is 18.9 Å². The first-order chi connectivity index (χ1) is 25.6. The lowest BCUT2D eigenvalue weighted by molar-refractivity contribution is -0.141. The molecule has 0 spiro atoms. The van der Waals surface area contributed by atoms with Crippen LogP contribution in [0.1, 0.15) is 79.2 Å². The van der Waals surface area contributed by atoms with E-state index in [1.165, 1.54) is 0 Å². The lowest BCUT2D eigenvalue weighted by Gasteiger charge is -2.35. The first kappa shape index (κ1) is 35.3. The standard InChI is InChI=1S/C41H43NO11/c1-3-50-40(48)37-28(17-45)31-23-11-24(16-44)34(47)27(13-23)26-12-22-8-10-42-30(22)14-21(26)7-6-20(15-43)19-51-38-32-25-5-4-9-41(2,49)39(25)53-35(32)29(18-46)36(52-37)33(31)38/h4-5,8,10,12,14,17,20,24-25,27,39,42-44,46,49H,3,6-7,9,11,13,15-16,18-19H2,1-2H3/b31-23+/t20-,24-,25-,27-,39-,41+/m0/s1. The summed E-state index contributed by atoms with van der Waals surface area (Å²) in [5.41, 5.74) is 3.14. The summed E-state index contributed by atoms with van der Waals surface area (Å²) >= 11 is 0. The van der Waals surface area contributed by atoms with Crippen LogP contribution in [0.2, 0.25) is 0 Å². The molecule has 4 heterocycles. The Hall–Kier alpha value is -4.75. The molecule has 5 aliphatic rings. The quantitative estimate of drug-likeness (QED) is 0.140. The zero-order valence-electron chi connectivity index (χ0n) is 29.6. The van der Waals surface area contributed by atoms with E-state index in [0.29, 0.717) is 47.8 Å². The fraction of sp³-hybridized carbons (Fsp3) is 0.439. The summed E-state index contributed by atoms with van der Waals surface area (Å²) in [6.45, 7) is 2.10. The predicted octanol–water partition coefficient (Wildman–Crippen LogP) is 4.07. The van der Waals surface area contributed by atoms with Crippen molar-refractivity contribution in [1.82, 2.24) is 4.98 Å². The van der Waals surface area contributed by atoms with Crippen molar-refractivity contribution in [3.8, 4) is 17.2 Å². The summed E-state index contributed by atoms with van der Waals surface area (Å²) in [7, 11) is 0. The number of esters is 1. The van der Waals surface area contributed by atoms with Gasteiger partial charge in [-0.25, -0.2) is 4.79 Å². The molecule has 278 valence electrons. The summed E-state index contributed by atoms with van der Waals surface area (Å²) in [5.74, 6) is -3.32. The minimum absolute atomic E-state index is 0.00793. The van der Waals surface area contributed by atoms with Gasteiger partial charge in [0.05, 0.1) is 43.1 Å². The zero-order valence-corrected chi connectivity index (χ0v) is 29.6. The Labute approximate surface area is 305 Å². The van der Waals surface area contributed by atoms with E-state index >= 15 is 0 Å². The van der Waals surface area contributed by atoms with Crippen LogP contribution < -0.4 is 14.2 Å². The molecule has 8 rings (SSSR count). The number of Topliss-reactive ketones (excluding diaryl/α,β-unsaturated/α-hetero) is 1. The number of aryl methyl sites for hydroxylation is 1. The van der Waals surface area contributed by atoms with Crippen LogP contribution in [0, 0.1) is 11.8 Å². The van der Waals surface area contributed by atoms with Crippen LogP contribution in [0.5, 0.6) is 17.2 Å². The molecule has 0 radical (unpaired) electrons. The van der Waals surface area contributed by atoms with Gasteiger partial charge in [-0.2, -0.15) is 0 Å². The van der Waals surface area contributed by atoms with Gasteiger partial charge in [0.15, 0.2) is 6.29 Å². The first-order valence-corrected chi connectivity index (χ1v) is 18.3. The van der Waals surface area contributed by atoms with Crippen LogP contribution >= 0.6 is 0 Å². The van der Waals surface area contributed by atoms with Gasteiger partial charge in [-0.1, -0.05) is 17.7 Å². The van der Waals surface area contributed by atoms with Crippen molar-refractivity contribution in [2.75, 3.05) is 26.4 Å². The molecule has 2 aromatic carbocycles. The molecule has 12 heteroatoms. The minimum atomic E-state index is -1.29. The Balaban J connectivity index is 1.47. The molecule has 5 N–H and O–H groups in total. The lowest BCUT2D eigenvalue weighted by Crippen LogP contribution is -2.45. The summed E-state index contributed by atoms with van der Waals surface area (Å²) < 4.78 is 25.0. The van der Waals surface area contributed by atoms with E-state index < -0.39 is 48.6 Å². The molecule has 0 unspecified atom stereocenters. The van der Waals surface area contributed by atoms with E-state index in [9.17, 15) is 34.8 Å². The van der Waals surface area contributed by atoms with Crippen molar-refractivity contribution in [1.29, 1.82) is 0 Å². The van der Waals surface area contributed by atoms with Crippen LogP contribution in [0.4, 0.5) is 0 Å². The number of hydrogen-bond acceptors (Lipinski definition) is 11. The van der Waals surface area contributed by atoms with Gasteiger partial charge in [-0.15, -0.1) is 0 Å². The number of hydrogen-bond donors (Lipinski definition) is 5. The smallest absolute Gasteiger partial charge is 0.375 e. The van der Waals surface area contributed by atoms with E-state index in [2.05, 4.69) is 4.98 Å². The monoisotopic (exact) mass is 725 g/mol. The van der Waals surface area contributed by atoms with Crippen molar-refractivity contribution < 1.29 is 53.8 Å². The van der Waals surface area contributed by atoms with Gasteiger partial charge in [0.25, 0.3) is 0 Å². The summed E-state index contributed by atoms with van der Waals surface area (Å²) in [5, 5.41) is 44.8. The maximum atomic E-state index is 14.3. The highest BCUT2D eigenvalue weighted by Gasteiger charge is 2.51. The Morgan fingerprint density at radius 2 is 1.96 bits per heavy atom. The number of ketones is 1. The number of rotatable bonds is 6. The molecule has 0 amide bonds. The number of fused-ring (bicyclic) bond motifs is 9. The van der Waals surface area contributed by atoms with E-state index in [-0.39, 0.29) is 78.5 Å². The van der Waals surface area contributed by atoms with Crippen LogP contribution in [0.25, 0.3) is 16.5 Å². The number of nitrogens with one attached hydrogen (secondary N) is 1. The fourth-order valence-electron chi connectivity index (χ4n) is 8.92. The van der Waals surface area contributed by atoms with E-state index in [1.807, 2.05) is 36.5 Å². The third-order valence-corrected chi connectivity index (χ3v) is 11.6. The number of carbonyl (C=O) groups excluding carboxylic acids is 3. The largest absolute Gasteiger partial charge is 0.492 e. The number of aldehydes is 1. The second kappa shape index (κ2) is 13.6. The van der Waals surface area contributed by atoms with Crippen LogP contribution in [-0.2, 0) is 32.1 Å². The van der Waals surface area contributed by atoms with Crippen molar-refractivity contribution in [2.45, 2.75) is 76.1 Å². The second-order valence-corrected chi connectivity index (χ2v) is 14.9. The van der Waals surface area contributed by atoms with Gasteiger partial charge in [0.1, 0.15) is 34.7 Å². The number of H-pyrrole nitrogens is 1. The number of ether oxygens (including phenoxy) is 4. The first-order valence-electron chi connectivity index (χ1n) is 18.3. The maximum absolute atomic E-state index is 14.3. The highest BCUT2D eigenvalue weighted by atomic mass is 16.6. The number of allylic oxidation sites excluding steroid dienone is 3. The van der Waals surface area contributed by atoms with Crippen molar-refractivity contribution in [3.05, 3.63) is 81.3 Å². The number of aromatic amines is 1. The molecular weight excluding hydrogens is 682 g/mol. The Kier molecular flexibility index (Phi) is 9.05. The number of carbonyl (C=O) groups is 3. The number of aromatic nitrogens is 1. The van der Waals surface area contributed by atoms with Gasteiger partial charge >= 0.3 is 5.97 Å². The molecule has 12 nitrogen and oxygen atoms in total. The van der Waals surface area contributed by atoms with Crippen molar-refractivity contribution in [3.63, 3.8) is 0 Å².